The van der Waals surface area contributed by atoms with Crippen LogP contribution in [0.4, 0.5) is 11.8 Å². The van der Waals surface area contributed by atoms with Gasteiger partial charge in [-0.2, -0.15) is 9.97 Å². The Hall–Kier alpha value is -1.85. The Morgan fingerprint density at radius 3 is 2.95 bits per heavy atom. The Bertz CT molecular complexity index is 560. The number of anilines is 2. The minimum Gasteiger partial charge on any atom is -0.368 e. The Balaban J connectivity index is 1.67. The molecule has 3 rings (SSSR count). The summed E-state index contributed by atoms with van der Waals surface area (Å²) >= 11 is 0. The summed E-state index contributed by atoms with van der Waals surface area (Å²) in [4.78, 5) is 16.3. The third-order valence-electron chi connectivity index (χ3n) is 3.60. The number of rotatable bonds is 8. The molecule has 0 radical (unpaired) electrons. The molecule has 0 spiro atoms. The van der Waals surface area contributed by atoms with Crippen molar-refractivity contribution in [3.8, 4) is 0 Å². The molecule has 2 aromatic heterocycles. The van der Waals surface area contributed by atoms with Crippen LogP contribution >= 0.6 is 0 Å². The predicted molar refractivity (Wildman–Crippen MR) is 80.9 cm³/mol. The van der Waals surface area contributed by atoms with Crippen molar-refractivity contribution in [3.63, 3.8) is 0 Å². The van der Waals surface area contributed by atoms with Gasteiger partial charge in [0.25, 0.3) is 0 Å². The zero-order valence-corrected chi connectivity index (χ0v) is 11.9. The second-order valence-corrected chi connectivity index (χ2v) is 5.44. The molecule has 3 N–H and O–H groups in total. The van der Waals surface area contributed by atoms with Crippen molar-refractivity contribution in [2.75, 3.05) is 23.7 Å². The van der Waals surface area contributed by atoms with Gasteiger partial charge in [-0.1, -0.05) is 19.8 Å². The number of aromatic nitrogens is 4. The predicted octanol–water partition coefficient (Wildman–Crippen LogP) is 2.78. The van der Waals surface area contributed by atoms with Gasteiger partial charge in [0, 0.05) is 13.1 Å². The van der Waals surface area contributed by atoms with Crippen molar-refractivity contribution in [2.45, 2.75) is 39.0 Å². The van der Waals surface area contributed by atoms with Gasteiger partial charge in [0.15, 0.2) is 11.5 Å². The van der Waals surface area contributed by atoms with E-state index in [1.807, 2.05) is 0 Å². The van der Waals surface area contributed by atoms with Crippen molar-refractivity contribution >= 4 is 22.9 Å². The molecule has 0 unspecified atom stereocenters. The van der Waals surface area contributed by atoms with E-state index in [1.54, 1.807) is 6.33 Å². The number of hydrogen-bond acceptors (Lipinski definition) is 5. The zero-order chi connectivity index (χ0) is 13.8. The average molecular weight is 274 g/mol. The van der Waals surface area contributed by atoms with Gasteiger partial charge in [0.05, 0.1) is 6.33 Å². The van der Waals surface area contributed by atoms with Crippen molar-refractivity contribution in [3.05, 3.63) is 6.33 Å². The van der Waals surface area contributed by atoms with Crippen LogP contribution in [0.15, 0.2) is 6.33 Å². The van der Waals surface area contributed by atoms with E-state index in [9.17, 15) is 0 Å². The molecule has 6 heteroatoms. The van der Waals surface area contributed by atoms with Crippen LogP contribution in [0.3, 0.4) is 0 Å². The molecule has 2 heterocycles. The summed E-state index contributed by atoms with van der Waals surface area (Å²) in [7, 11) is 0. The molecule has 6 nitrogen and oxygen atoms in total. The number of fused-ring (bicyclic) bond motifs is 1. The Kier molecular flexibility index (Phi) is 3.99. The molecular formula is C14H22N6. The maximum absolute atomic E-state index is 4.54. The van der Waals surface area contributed by atoms with Crippen molar-refractivity contribution in [1.82, 2.24) is 19.9 Å². The second-order valence-electron chi connectivity index (χ2n) is 5.44. The number of imidazole rings is 1. The minimum absolute atomic E-state index is 0.649. The van der Waals surface area contributed by atoms with E-state index in [4.69, 9.17) is 0 Å². The SMILES string of the molecule is CCCNc1nc(NCCCC2CC2)c2[nH]cnc2n1. The first-order valence-corrected chi connectivity index (χ1v) is 7.55. The molecule has 1 fully saturated rings. The molecule has 1 aliphatic carbocycles. The highest BCUT2D eigenvalue weighted by molar-refractivity contribution is 5.83. The van der Waals surface area contributed by atoms with E-state index in [1.165, 1.54) is 25.7 Å². The lowest BCUT2D eigenvalue weighted by molar-refractivity contribution is 0.686. The van der Waals surface area contributed by atoms with Crippen LogP contribution in [-0.2, 0) is 0 Å². The van der Waals surface area contributed by atoms with E-state index >= 15 is 0 Å². The summed E-state index contributed by atoms with van der Waals surface area (Å²) in [5.74, 6) is 2.48. The minimum atomic E-state index is 0.649. The fourth-order valence-corrected chi connectivity index (χ4v) is 2.28. The lowest BCUT2D eigenvalue weighted by Gasteiger charge is -2.09. The second kappa shape index (κ2) is 6.07. The van der Waals surface area contributed by atoms with Crippen LogP contribution in [-0.4, -0.2) is 33.0 Å². The number of nitrogens with zero attached hydrogens (tertiary/aromatic N) is 3. The molecule has 0 bridgehead atoms. The van der Waals surface area contributed by atoms with Gasteiger partial charge in [-0.3, -0.25) is 0 Å². The Morgan fingerprint density at radius 2 is 2.15 bits per heavy atom. The van der Waals surface area contributed by atoms with Crippen LogP contribution in [0.25, 0.3) is 11.2 Å². The van der Waals surface area contributed by atoms with Crippen molar-refractivity contribution < 1.29 is 0 Å². The highest BCUT2D eigenvalue weighted by Crippen LogP contribution is 2.33. The number of nitrogens with one attached hydrogen (secondary N) is 3. The third-order valence-corrected chi connectivity index (χ3v) is 3.60. The van der Waals surface area contributed by atoms with E-state index in [0.29, 0.717) is 11.6 Å². The van der Waals surface area contributed by atoms with Gasteiger partial charge in [-0.05, 0) is 25.2 Å². The van der Waals surface area contributed by atoms with E-state index in [0.717, 1.165) is 36.8 Å². The third kappa shape index (κ3) is 3.18. The van der Waals surface area contributed by atoms with Crippen LogP contribution in [0.2, 0.25) is 0 Å². The summed E-state index contributed by atoms with van der Waals surface area (Å²) in [5.41, 5.74) is 1.60. The molecule has 108 valence electrons. The maximum atomic E-state index is 4.54. The molecule has 0 aromatic carbocycles. The summed E-state index contributed by atoms with van der Waals surface area (Å²) in [6.07, 6.45) is 8.07. The first-order chi connectivity index (χ1) is 9.86. The topological polar surface area (TPSA) is 78.5 Å². The average Bonchev–Trinajstić information content (AvgIpc) is 3.16. The van der Waals surface area contributed by atoms with Gasteiger partial charge >= 0.3 is 0 Å². The monoisotopic (exact) mass is 274 g/mol. The lowest BCUT2D eigenvalue weighted by atomic mass is 10.2. The van der Waals surface area contributed by atoms with Gasteiger partial charge in [-0.15, -0.1) is 0 Å². The van der Waals surface area contributed by atoms with E-state index in [-0.39, 0.29) is 0 Å². The van der Waals surface area contributed by atoms with Gasteiger partial charge in [0.1, 0.15) is 5.52 Å². The standard InChI is InChI=1S/C14H22N6/c1-2-7-16-14-19-12(11-13(20-14)18-9-17-11)15-8-3-4-10-5-6-10/h9-10H,2-8H2,1H3,(H3,15,16,17,18,19,20). The van der Waals surface area contributed by atoms with Crippen LogP contribution in [0.1, 0.15) is 39.0 Å². The van der Waals surface area contributed by atoms with Gasteiger partial charge in [-0.25, -0.2) is 4.98 Å². The molecule has 0 aliphatic heterocycles. The van der Waals surface area contributed by atoms with Crippen LogP contribution in [0.5, 0.6) is 0 Å². The largest absolute Gasteiger partial charge is 0.368 e. The highest BCUT2D eigenvalue weighted by atomic mass is 15.2. The van der Waals surface area contributed by atoms with Gasteiger partial charge in [0.2, 0.25) is 5.95 Å². The Morgan fingerprint density at radius 1 is 1.25 bits per heavy atom. The lowest BCUT2D eigenvalue weighted by Crippen LogP contribution is -2.09. The van der Waals surface area contributed by atoms with Gasteiger partial charge < -0.3 is 15.6 Å². The van der Waals surface area contributed by atoms with Crippen molar-refractivity contribution in [2.24, 2.45) is 5.92 Å². The first kappa shape index (κ1) is 13.1. The summed E-state index contributed by atoms with van der Waals surface area (Å²) in [6, 6.07) is 0. The van der Waals surface area contributed by atoms with Crippen LogP contribution < -0.4 is 10.6 Å². The highest BCUT2D eigenvalue weighted by Gasteiger charge is 2.20. The van der Waals surface area contributed by atoms with Crippen molar-refractivity contribution in [1.29, 1.82) is 0 Å². The summed E-state index contributed by atoms with van der Waals surface area (Å²) in [6.45, 7) is 3.95. The fraction of sp³-hybridized carbons (Fsp3) is 0.643. The molecule has 1 saturated carbocycles. The van der Waals surface area contributed by atoms with Crippen LogP contribution in [0, 0.1) is 5.92 Å². The molecule has 20 heavy (non-hydrogen) atoms. The number of H-pyrrole nitrogens is 1. The molecule has 0 saturated heterocycles. The summed E-state index contributed by atoms with van der Waals surface area (Å²) < 4.78 is 0. The molecular weight excluding hydrogens is 252 g/mol. The first-order valence-electron chi connectivity index (χ1n) is 7.55. The number of hydrogen-bond donors (Lipinski definition) is 3. The Labute approximate surface area is 118 Å². The molecule has 1 aliphatic rings. The normalized spacial score (nSPS) is 14.7. The number of aromatic amines is 1. The van der Waals surface area contributed by atoms with E-state index < -0.39 is 0 Å². The van der Waals surface area contributed by atoms with E-state index in [2.05, 4.69) is 37.5 Å². The smallest absolute Gasteiger partial charge is 0.226 e. The summed E-state index contributed by atoms with van der Waals surface area (Å²) in [5, 5.41) is 6.63. The maximum Gasteiger partial charge on any atom is 0.226 e. The fourth-order valence-electron chi connectivity index (χ4n) is 2.28. The molecule has 2 aromatic rings. The quantitative estimate of drug-likeness (QED) is 0.645. The molecule has 0 amide bonds. The molecule has 0 atom stereocenters. The zero-order valence-electron chi connectivity index (χ0n) is 11.9.